The van der Waals surface area contributed by atoms with E-state index >= 15 is 0 Å². The number of hydrogen-bond donors (Lipinski definition) is 1. The van der Waals surface area contributed by atoms with Gasteiger partial charge in [0, 0.05) is 43.7 Å². The number of aromatic nitrogens is 1. The molecule has 1 N–H and O–H groups in total. The summed E-state index contributed by atoms with van der Waals surface area (Å²) in [7, 11) is 0. The first-order chi connectivity index (χ1) is 13.4. The second-order valence-electron chi connectivity index (χ2n) is 7.21. The lowest BCUT2D eigenvalue weighted by Gasteiger charge is -2.34. The number of ether oxygens (including phenoxy) is 1. The SMILES string of the molecule is CCOC(=O)N1CCN(C(=O)CCc2cc3cc(C)c(C)cc3[nH]c2=O)CC1. The summed E-state index contributed by atoms with van der Waals surface area (Å²) in [5.74, 6) is 0.00286. The van der Waals surface area contributed by atoms with E-state index in [4.69, 9.17) is 4.74 Å². The maximum atomic E-state index is 12.5. The molecule has 1 fully saturated rings. The van der Waals surface area contributed by atoms with E-state index < -0.39 is 0 Å². The van der Waals surface area contributed by atoms with Crippen LogP contribution >= 0.6 is 0 Å². The molecule has 0 unspecified atom stereocenters. The van der Waals surface area contributed by atoms with Crippen molar-refractivity contribution in [2.75, 3.05) is 32.8 Å². The summed E-state index contributed by atoms with van der Waals surface area (Å²) in [5.41, 5.74) is 3.59. The number of carbonyl (C=O) groups is 2. The first-order valence-electron chi connectivity index (χ1n) is 9.71. The number of amides is 2. The molecule has 0 spiro atoms. The Kier molecular flexibility index (Phi) is 6.02. The van der Waals surface area contributed by atoms with Crippen molar-refractivity contribution >= 4 is 22.9 Å². The van der Waals surface area contributed by atoms with Crippen LogP contribution in [-0.4, -0.2) is 59.6 Å². The van der Waals surface area contributed by atoms with Crippen LogP contribution in [0, 0.1) is 13.8 Å². The fourth-order valence-electron chi connectivity index (χ4n) is 3.46. The Morgan fingerprint density at radius 2 is 1.68 bits per heavy atom. The minimum absolute atomic E-state index is 0.00286. The minimum Gasteiger partial charge on any atom is -0.450 e. The van der Waals surface area contributed by atoms with Gasteiger partial charge >= 0.3 is 6.09 Å². The number of rotatable bonds is 4. The Hall–Kier alpha value is -2.83. The van der Waals surface area contributed by atoms with Gasteiger partial charge in [0.15, 0.2) is 0 Å². The molecule has 0 bridgehead atoms. The highest BCUT2D eigenvalue weighted by atomic mass is 16.6. The zero-order valence-corrected chi connectivity index (χ0v) is 16.7. The standard InChI is InChI=1S/C21H27N3O4/c1-4-28-21(27)24-9-7-23(8-10-24)19(25)6-5-16-13-17-11-14(2)15(3)12-18(17)22-20(16)26/h11-13H,4-10H2,1-3H3,(H,22,26). The number of H-pyrrole nitrogens is 1. The predicted octanol–water partition coefficient (Wildman–Crippen LogP) is 2.38. The zero-order chi connectivity index (χ0) is 20.3. The van der Waals surface area contributed by atoms with Crippen molar-refractivity contribution in [3.63, 3.8) is 0 Å². The van der Waals surface area contributed by atoms with Crippen LogP contribution in [0.25, 0.3) is 10.9 Å². The lowest BCUT2D eigenvalue weighted by atomic mass is 10.0. The van der Waals surface area contributed by atoms with E-state index in [0.717, 1.165) is 16.5 Å². The summed E-state index contributed by atoms with van der Waals surface area (Å²) in [6, 6.07) is 5.91. The number of benzene rings is 1. The van der Waals surface area contributed by atoms with Crippen LogP contribution in [0.3, 0.4) is 0 Å². The molecule has 7 heteroatoms. The Balaban J connectivity index is 1.60. The number of aryl methyl sites for hydroxylation is 3. The summed E-state index contributed by atoms with van der Waals surface area (Å²) < 4.78 is 4.99. The second-order valence-corrected chi connectivity index (χ2v) is 7.21. The first kappa shape index (κ1) is 19.9. The van der Waals surface area contributed by atoms with Crippen molar-refractivity contribution < 1.29 is 14.3 Å². The van der Waals surface area contributed by atoms with Crippen LogP contribution in [-0.2, 0) is 16.0 Å². The largest absolute Gasteiger partial charge is 0.450 e. The molecule has 2 amide bonds. The molecular weight excluding hydrogens is 358 g/mol. The smallest absolute Gasteiger partial charge is 0.409 e. The average Bonchev–Trinajstić information content (AvgIpc) is 2.68. The van der Waals surface area contributed by atoms with E-state index in [-0.39, 0.29) is 24.0 Å². The van der Waals surface area contributed by atoms with E-state index in [1.807, 2.05) is 26.0 Å². The lowest BCUT2D eigenvalue weighted by Crippen LogP contribution is -2.50. The number of pyridine rings is 1. The number of aromatic amines is 1. The fraction of sp³-hybridized carbons (Fsp3) is 0.476. The maximum Gasteiger partial charge on any atom is 0.409 e. The monoisotopic (exact) mass is 385 g/mol. The van der Waals surface area contributed by atoms with Gasteiger partial charge in [-0.3, -0.25) is 9.59 Å². The molecule has 1 aliphatic heterocycles. The number of piperazine rings is 1. The topological polar surface area (TPSA) is 82.7 Å². The van der Waals surface area contributed by atoms with Crippen molar-refractivity contribution in [1.29, 1.82) is 0 Å². The molecule has 3 rings (SSSR count). The van der Waals surface area contributed by atoms with E-state index in [1.54, 1.807) is 16.7 Å². The van der Waals surface area contributed by atoms with Gasteiger partial charge in [-0.25, -0.2) is 4.79 Å². The van der Waals surface area contributed by atoms with Crippen LogP contribution in [0.15, 0.2) is 23.0 Å². The molecule has 1 aliphatic rings. The average molecular weight is 385 g/mol. The number of carbonyl (C=O) groups excluding carboxylic acids is 2. The van der Waals surface area contributed by atoms with Crippen molar-refractivity contribution in [2.45, 2.75) is 33.6 Å². The first-order valence-corrected chi connectivity index (χ1v) is 9.71. The second kappa shape index (κ2) is 8.46. The van der Waals surface area contributed by atoms with Gasteiger partial charge in [0.1, 0.15) is 0 Å². The summed E-state index contributed by atoms with van der Waals surface area (Å²) in [6.45, 7) is 8.10. The highest BCUT2D eigenvalue weighted by Crippen LogP contribution is 2.18. The normalized spacial score (nSPS) is 14.4. The summed E-state index contributed by atoms with van der Waals surface area (Å²) in [5, 5.41) is 0.980. The Morgan fingerprint density at radius 3 is 2.36 bits per heavy atom. The van der Waals surface area contributed by atoms with Crippen LogP contribution in [0.4, 0.5) is 4.79 Å². The minimum atomic E-state index is -0.331. The highest BCUT2D eigenvalue weighted by molar-refractivity contribution is 5.81. The van der Waals surface area contributed by atoms with Crippen molar-refractivity contribution in [2.24, 2.45) is 0 Å². The highest BCUT2D eigenvalue weighted by Gasteiger charge is 2.24. The van der Waals surface area contributed by atoms with Crippen molar-refractivity contribution in [1.82, 2.24) is 14.8 Å². The summed E-state index contributed by atoms with van der Waals surface area (Å²) in [4.78, 5) is 42.9. The van der Waals surface area contributed by atoms with Crippen molar-refractivity contribution in [3.05, 3.63) is 45.2 Å². The molecule has 2 aromatic rings. The molecule has 0 atom stereocenters. The zero-order valence-electron chi connectivity index (χ0n) is 16.7. The Bertz CT molecular complexity index is 943. The van der Waals surface area contributed by atoms with Crippen LogP contribution in [0.2, 0.25) is 0 Å². The molecule has 0 aliphatic carbocycles. The number of hydrogen-bond acceptors (Lipinski definition) is 4. The molecule has 7 nitrogen and oxygen atoms in total. The van der Waals surface area contributed by atoms with Gasteiger partial charge in [-0.2, -0.15) is 0 Å². The van der Waals surface area contributed by atoms with E-state index in [2.05, 4.69) is 11.1 Å². The van der Waals surface area contributed by atoms with Gasteiger partial charge in [0.05, 0.1) is 6.61 Å². The third-order valence-corrected chi connectivity index (χ3v) is 5.30. The lowest BCUT2D eigenvalue weighted by molar-refractivity contribution is -0.132. The number of fused-ring (bicyclic) bond motifs is 1. The molecule has 1 aromatic heterocycles. The molecular formula is C21H27N3O4. The van der Waals surface area contributed by atoms with Gasteiger partial charge in [0.25, 0.3) is 5.56 Å². The van der Waals surface area contributed by atoms with Gasteiger partial charge in [-0.15, -0.1) is 0 Å². The molecule has 1 saturated heterocycles. The Labute approximate surface area is 164 Å². The van der Waals surface area contributed by atoms with Crippen LogP contribution in [0.5, 0.6) is 0 Å². The summed E-state index contributed by atoms with van der Waals surface area (Å²) in [6.07, 6.45) is 0.344. The quantitative estimate of drug-likeness (QED) is 0.876. The fourth-order valence-corrected chi connectivity index (χ4v) is 3.46. The summed E-state index contributed by atoms with van der Waals surface area (Å²) >= 11 is 0. The molecule has 0 saturated carbocycles. The van der Waals surface area contributed by atoms with E-state index in [9.17, 15) is 14.4 Å². The molecule has 0 radical (unpaired) electrons. The third-order valence-electron chi connectivity index (χ3n) is 5.30. The maximum absolute atomic E-state index is 12.5. The third kappa shape index (κ3) is 4.35. The van der Waals surface area contributed by atoms with Gasteiger partial charge in [0.2, 0.25) is 5.91 Å². The molecule has 150 valence electrons. The van der Waals surface area contributed by atoms with Crippen LogP contribution in [0.1, 0.15) is 30.0 Å². The number of nitrogens with one attached hydrogen (secondary N) is 1. The molecule has 28 heavy (non-hydrogen) atoms. The van der Waals surface area contributed by atoms with E-state index in [1.165, 1.54) is 5.56 Å². The van der Waals surface area contributed by atoms with Crippen molar-refractivity contribution in [3.8, 4) is 0 Å². The van der Waals surface area contributed by atoms with Crippen LogP contribution < -0.4 is 5.56 Å². The Morgan fingerprint density at radius 1 is 1.04 bits per heavy atom. The van der Waals surface area contributed by atoms with Gasteiger partial charge in [-0.05, 0) is 61.9 Å². The number of nitrogens with zero attached hydrogens (tertiary/aromatic N) is 2. The van der Waals surface area contributed by atoms with Gasteiger partial charge < -0.3 is 19.5 Å². The molecule has 1 aromatic carbocycles. The predicted molar refractivity (Wildman–Crippen MR) is 108 cm³/mol. The van der Waals surface area contributed by atoms with E-state index in [0.29, 0.717) is 44.8 Å². The van der Waals surface area contributed by atoms with Gasteiger partial charge in [-0.1, -0.05) is 0 Å². The molecule has 2 heterocycles.